The Balaban J connectivity index is 3.14. The minimum Gasteiger partial charge on any atom is -0.444 e. The van der Waals surface area contributed by atoms with Crippen LogP contribution in [0.3, 0.4) is 0 Å². The number of halogens is 1. The standard InChI is InChI=1S/C18H27FN2O3S/c1-12(20-16(22)24-17(2,3)4)15(21-25(23)18(5,6)7)13-8-10-14(19)11-9-13/h8-12H,1-7H3,(H,20,22)/t12-,25+/m0/s1. The molecule has 1 aromatic carbocycles. The molecule has 0 saturated heterocycles. The van der Waals surface area contributed by atoms with Gasteiger partial charge in [-0.05, 0) is 66.2 Å². The summed E-state index contributed by atoms with van der Waals surface area (Å²) < 4.78 is 34.6. The Kier molecular flexibility index (Phi) is 6.88. The number of rotatable bonds is 4. The van der Waals surface area contributed by atoms with Crippen LogP contribution in [-0.4, -0.2) is 32.4 Å². The average molecular weight is 370 g/mol. The molecule has 1 amide bonds. The van der Waals surface area contributed by atoms with Gasteiger partial charge in [-0.1, -0.05) is 12.1 Å². The van der Waals surface area contributed by atoms with E-state index in [1.54, 1.807) is 60.6 Å². The van der Waals surface area contributed by atoms with E-state index in [0.717, 1.165) is 0 Å². The molecule has 0 spiro atoms. The highest BCUT2D eigenvalue weighted by Crippen LogP contribution is 2.16. The Morgan fingerprint density at radius 1 is 1.16 bits per heavy atom. The summed E-state index contributed by atoms with van der Waals surface area (Å²) in [5, 5.41) is 2.69. The molecule has 0 heterocycles. The number of hydrogen-bond donors (Lipinski definition) is 1. The first-order valence-corrected chi connectivity index (χ1v) is 9.16. The Morgan fingerprint density at radius 3 is 2.12 bits per heavy atom. The smallest absolute Gasteiger partial charge is 0.408 e. The molecule has 0 aliphatic heterocycles. The minimum atomic E-state index is -1.53. The quantitative estimate of drug-likeness (QED) is 0.815. The van der Waals surface area contributed by atoms with Crippen LogP contribution in [0.4, 0.5) is 9.18 Å². The summed E-state index contributed by atoms with van der Waals surface area (Å²) in [5.41, 5.74) is 0.354. The SMILES string of the molecule is C[C@H](NC(=O)OC(C)(C)C)C(=N[S@](=O)C(C)(C)C)c1ccc(F)cc1. The van der Waals surface area contributed by atoms with Crippen LogP contribution in [0.5, 0.6) is 0 Å². The molecular weight excluding hydrogens is 343 g/mol. The van der Waals surface area contributed by atoms with Crippen molar-refractivity contribution in [2.24, 2.45) is 4.40 Å². The number of alkyl carbamates (subject to hydrolysis) is 1. The predicted molar refractivity (Wildman–Crippen MR) is 99.7 cm³/mol. The van der Waals surface area contributed by atoms with Crippen LogP contribution in [0.15, 0.2) is 28.7 Å². The van der Waals surface area contributed by atoms with Gasteiger partial charge >= 0.3 is 6.09 Å². The van der Waals surface area contributed by atoms with E-state index in [4.69, 9.17) is 4.74 Å². The van der Waals surface area contributed by atoms with Gasteiger partial charge in [0.05, 0.1) is 16.5 Å². The first-order chi connectivity index (χ1) is 11.3. The number of nitrogens with zero attached hydrogens (tertiary/aromatic N) is 1. The van der Waals surface area contributed by atoms with Gasteiger partial charge < -0.3 is 10.1 Å². The molecule has 1 aromatic rings. The normalized spacial score (nSPS) is 15.4. The van der Waals surface area contributed by atoms with Gasteiger partial charge in [0.2, 0.25) is 0 Å². The lowest BCUT2D eigenvalue weighted by atomic mass is 10.0. The number of amides is 1. The predicted octanol–water partition coefficient (Wildman–Crippen LogP) is 3.99. The lowest BCUT2D eigenvalue weighted by molar-refractivity contribution is 0.0521. The first kappa shape index (κ1) is 21.3. The van der Waals surface area contributed by atoms with Crippen molar-refractivity contribution in [1.29, 1.82) is 0 Å². The van der Waals surface area contributed by atoms with Crippen molar-refractivity contribution in [2.45, 2.75) is 64.9 Å². The average Bonchev–Trinajstić information content (AvgIpc) is 2.42. The summed E-state index contributed by atoms with van der Waals surface area (Å²) in [6.45, 7) is 12.4. The topological polar surface area (TPSA) is 67.8 Å². The molecule has 140 valence electrons. The minimum absolute atomic E-state index is 0.382. The van der Waals surface area contributed by atoms with Crippen molar-refractivity contribution in [2.75, 3.05) is 0 Å². The van der Waals surface area contributed by atoms with Gasteiger partial charge in [0.1, 0.15) is 22.4 Å². The molecule has 0 unspecified atom stereocenters. The maximum absolute atomic E-state index is 13.2. The molecular formula is C18H27FN2O3S. The van der Waals surface area contributed by atoms with Crippen LogP contribution in [0, 0.1) is 5.82 Å². The van der Waals surface area contributed by atoms with E-state index < -0.39 is 33.5 Å². The van der Waals surface area contributed by atoms with Gasteiger partial charge in [-0.3, -0.25) is 0 Å². The lowest BCUT2D eigenvalue weighted by Crippen LogP contribution is -2.42. The molecule has 0 aliphatic carbocycles. The maximum atomic E-state index is 13.2. The van der Waals surface area contributed by atoms with E-state index in [-0.39, 0.29) is 5.82 Å². The van der Waals surface area contributed by atoms with Gasteiger partial charge in [0, 0.05) is 0 Å². The van der Waals surface area contributed by atoms with Crippen LogP contribution in [0.1, 0.15) is 54.0 Å². The number of hydrogen-bond acceptors (Lipinski definition) is 3. The van der Waals surface area contributed by atoms with Crippen molar-refractivity contribution < 1.29 is 18.1 Å². The molecule has 25 heavy (non-hydrogen) atoms. The molecule has 0 bridgehead atoms. The third kappa shape index (κ3) is 7.34. The molecule has 1 N–H and O–H groups in total. The summed E-state index contributed by atoms with van der Waals surface area (Å²) in [7, 11) is -1.53. The highest BCUT2D eigenvalue weighted by Gasteiger charge is 2.24. The fourth-order valence-corrected chi connectivity index (χ4v) is 2.50. The summed E-state index contributed by atoms with van der Waals surface area (Å²) >= 11 is 0. The summed E-state index contributed by atoms with van der Waals surface area (Å²) in [5.74, 6) is -0.382. The summed E-state index contributed by atoms with van der Waals surface area (Å²) in [4.78, 5) is 12.0. The van der Waals surface area contributed by atoms with Crippen LogP contribution >= 0.6 is 0 Å². The Hall–Kier alpha value is -1.76. The van der Waals surface area contributed by atoms with Gasteiger partial charge in [0.25, 0.3) is 0 Å². The van der Waals surface area contributed by atoms with E-state index in [0.29, 0.717) is 11.3 Å². The maximum Gasteiger partial charge on any atom is 0.408 e. The van der Waals surface area contributed by atoms with Crippen molar-refractivity contribution in [1.82, 2.24) is 5.32 Å². The Labute approximate surface area is 151 Å². The zero-order valence-corrected chi connectivity index (χ0v) is 16.7. The van der Waals surface area contributed by atoms with E-state index in [1.807, 2.05) is 0 Å². The highest BCUT2D eigenvalue weighted by molar-refractivity contribution is 7.85. The van der Waals surface area contributed by atoms with Gasteiger partial charge in [0.15, 0.2) is 0 Å². The van der Waals surface area contributed by atoms with E-state index in [9.17, 15) is 13.4 Å². The molecule has 0 fully saturated rings. The molecule has 1 rings (SSSR count). The zero-order valence-electron chi connectivity index (χ0n) is 15.8. The third-order valence-corrected chi connectivity index (χ3v) is 4.40. The summed E-state index contributed by atoms with van der Waals surface area (Å²) in [6.07, 6.45) is -0.601. The fourth-order valence-electron chi connectivity index (χ4n) is 1.78. The second-order valence-corrected chi connectivity index (χ2v) is 9.62. The number of carbonyl (C=O) groups excluding carboxylic acids is 1. The van der Waals surface area contributed by atoms with Gasteiger partial charge in [-0.15, -0.1) is 0 Å². The third-order valence-electron chi connectivity index (χ3n) is 2.99. The molecule has 2 atom stereocenters. The van der Waals surface area contributed by atoms with E-state index in [2.05, 4.69) is 9.71 Å². The van der Waals surface area contributed by atoms with Gasteiger partial charge in [-0.2, -0.15) is 4.40 Å². The first-order valence-electron chi connectivity index (χ1n) is 8.05. The molecule has 7 heteroatoms. The molecule has 0 saturated carbocycles. The molecule has 0 radical (unpaired) electrons. The fraction of sp³-hybridized carbons (Fsp3) is 0.556. The van der Waals surface area contributed by atoms with Crippen molar-refractivity contribution in [3.8, 4) is 0 Å². The number of nitrogens with one attached hydrogen (secondary N) is 1. The van der Waals surface area contributed by atoms with E-state index in [1.165, 1.54) is 12.1 Å². The number of ether oxygens (including phenoxy) is 1. The van der Waals surface area contributed by atoms with Crippen LogP contribution in [0.25, 0.3) is 0 Å². The largest absolute Gasteiger partial charge is 0.444 e. The van der Waals surface area contributed by atoms with Crippen LogP contribution in [0.2, 0.25) is 0 Å². The second-order valence-electron chi connectivity index (χ2n) is 7.71. The number of benzene rings is 1. The van der Waals surface area contributed by atoms with Crippen molar-refractivity contribution >= 4 is 22.8 Å². The summed E-state index contributed by atoms with van der Waals surface area (Å²) in [6, 6.07) is 5.12. The molecule has 5 nitrogen and oxygen atoms in total. The number of carbonyl (C=O) groups is 1. The zero-order chi connectivity index (χ0) is 19.4. The highest BCUT2D eigenvalue weighted by atomic mass is 32.2. The van der Waals surface area contributed by atoms with Gasteiger partial charge in [-0.25, -0.2) is 13.4 Å². The Morgan fingerprint density at radius 2 is 1.68 bits per heavy atom. The molecule has 0 aromatic heterocycles. The van der Waals surface area contributed by atoms with Crippen LogP contribution < -0.4 is 5.32 Å². The second kappa shape index (κ2) is 8.08. The monoisotopic (exact) mass is 370 g/mol. The van der Waals surface area contributed by atoms with Crippen molar-refractivity contribution in [3.63, 3.8) is 0 Å². The van der Waals surface area contributed by atoms with Crippen molar-refractivity contribution in [3.05, 3.63) is 35.6 Å². The van der Waals surface area contributed by atoms with E-state index >= 15 is 0 Å². The molecule has 0 aliphatic rings. The van der Waals surface area contributed by atoms with Crippen LogP contribution in [-0.2, 0) is 15.7 Å². The lowest BCUT2D eigenvalue weighted by Gasteiger charge is -2.23. The Bertz CT molecular complexity index is 658.